The van der Waals surface area contributed by atoms with Crippen molar-refractivity contribution in [1.82, 2.24) is 5.32 Å². The summed E-state index contributed by atoms with van der Waals surface area (Å²) in [6, 6.07) is 7.16. The van der Waals surface area contributed by atoms with Crippen molar-refractivity contribution in [2.45, 2.75) is 39.8 Å². The molecule has 1 N–H and O–H groups in total. The number of hydrogen-bond donors (Lipinski definition) is 1. The molecule has 18 heavy (non-hydrogen) atoms. The number of nitrogens with one attached hydrogen (secondary N) is 1. The predicted octanol–water partition coefficient (Wildman–Crippen LogP) is 2.91. The normalized spacial score (nSPS) is 10.9. The van der Waals surface area contributed by atoms with Crippen molar-refractivity contribution in [3.05, 3.63) is 35.4 Å². The van der Waals surface area contributed by atoms with Crippen molar-refractivity contribution in [2.75, 3.05) is 0 Å². The Hall–Kier alpha value is -1.84. The van der Waals surface area contributed by atoms with Crippen molar-refractivity contribution in [3.63, 3.8) is 0 Å². The SMILES string of the molecule is CC(=O)c1cccc(CNC(=O)OC(C)(C)C)c1. The molecular weight excluding hydrogens is 230 g/mol. The van der Waals surface area contributed by atoms with Gasteiger partial charge < -0.3 is 10.1 Å². The topological polar surface area (TPSA) is 55.4 Å². The fourth-order valence-corrected chi connectivity index (χ4v) is 1.39. The first kappa shape index (κ1) is 14.2. The maximum Gasteiger partial charge on any atom is 0.407 e. The number of amides is 1. The van der Waals surface area contributed by atoms with Gasteiger partial charge in [0.2, 0.25) is 0 Å². The Labute approximate surface area is 107 Å². The van der Waals surface area contributed by atoms with Crippen LogP contribution in [0.3, 0.4) is 0 Å². The van der Waals surface area contributed by atoms with Crippen LogP contribution in [-0.4, -0.2) is 17.5 Å². The van der Waals surface area contributed by atoms with Crippen LogP contribution in [0.15, 0.2) is 24.3 Å². The molecular formula is C14H19NO3. The molecule has 0 aliphatic heterocycles. The molecule has 0 aliphatic carbocycles. The van der Waals surface area contributed by atoms with Crippen LogP contribution < -0.4 is 5.32 Å². The summed E-state index contributed by atoms with van der Waals surface area (Å²) < 4.78 is 5.12. The fourth-order valence-electron chi connectivity index (χ4n) is 1.39. The summed E-state index contributed by atoms with van der Waals surface area (Å²) in [6.45, 7) is 7.28. The van der Waals surface area contributed by atoms with Gasteiger partial charge >= 0.3 is 6.09 Å². The van der Waals surface area contributed by atoms with E-state index in [2.05, 4.69) is 5.32 Å². The molecule has 4 nitrogen and oxygen atoms in total. The van der Waals surface area contributed by atoms with E-state index < -0.39 is 11.7 Å². The van der Waals surface area contributed by atoms with Crippen LogP contribution in [0.2, 0.25) is 0 Å². The molecule has 0 saturated heterocycles. The lowest BCUT2D eigenvalue weighted by molar-refractivity contribution is 0.0523. The number of carbonyl (C=O) groups excluding carboxylic acids is 2. The molecule has 0 unspecified atom stereocenters. The van der Waals surface area contributed by atoms with E-state index in [-0.39, 0.29) is 5.78 Å². The van der Waals surface area contributed by atoms with E-state index in [1.165, 1.54) is 6.92 Å². The van der Waals surface area contributed by atoms with Gasteiger partial charge in [0, 0.05) is 12.1 Å². The van der Waals surface area contributed by atoms with Gasteiger partial charge in [0.05, 0.1) is 0 Å². The van der Waals surface area contributed by atoms with Gasteiger partial charge in [-0.1, -0.05) is 18.2 Å². The van der Waals surface area contributed by atoms with Crippen molar-refractivity contribution in [1.29, 1.82) is 0 Å². The zero-order chi connectivity index (χ0) is 13.8. The van der Waals surface area contributed by atoms with Crippen LogP contribution in [0.1, 0.15) is 43.6 Å². The summed E-state index contributed by atoms with van der Waals surface area (Å²) in [7, 11) is 0. The second kappa shape index (κ2) is 5.67. The molecule has 0 aromatic heterocycles. The minimum absolute atomic E-state index is 0.00844. The van der Waals surface area contributed by atoms with E-state index in [9.17, 15) is 9.59 Å². The minimum Gasteiger partial charge on any atom is -0.444 e. The molecule has 1 rings (SSSR count). The predicted molar refractivity (Wildman–Crippen MR) is 69.5 cm³/mol. The number of ketones is 1. The number of rotatable bonds is 3. The van der Waals surface area contributed by atoms with Crippen molar-refractivity contribution in [3.8, 4) is 0 Å². The summed E-state index contributed by atoms with van der Waals surface area (Å²) in [5.74, 6) is 0.00844. The number of Topliss-reactive ketones (excluding diaryl/α,β-unsaturated/α-hetero) is 1. The third kappa shape index (κ3) is 4.99. The van der Waals surface area contributed by atoms with Gasteiger partial charge in [-0.3, -0.25) is 4.79 Å². The van der Waals surface area contributed by atoms with Gasteiger partial charge in [-0.15, -0.1) is 0 Å². The summed E-state index contributed by atoms with van der Waals surface area (Å²) in [5.41, 5.74) is 0.998. The highest BCUT2D eigenvalue weighted by molar-refractivity contribution is 5.94. The molecule has 0 heterocycles. The lowest BCUT2D eigenvalue weighted by Gasteiger charge is -2.19. The summed E-state index contributed by atoms with van der Waals surface area (Å²) >= 11 is 0. The van der Waals surface area contributed by atoms with Gasteiger partial charge in [0.25, 0.3) is 0 Å². The summed E-state index contributed by atoms with van der Waals surface area (Å²) in [4.78, 5) is 22.7. The molecule has 0 fully saturated rings. The number of benzene rings is 1. The Morgan fingerprint density at radius 1 is 1.28 bits per heavy atom. The van der Waals surface area contributed by atoms with E-state index in [0.29, 0.717) is 12.1 Å². The molecule has 98 valence electrons. The van der Waals surface area contributed by atoms with E-state index in [1.54, 1.807) is 18.2 Å². The van der Waals surface area contributed by atoms with Gasteiger partial charge in [-0.05, 0) is 39.3 Å². The van der Waals surface area contributed by atoms with Gasteiger partial charge in [0.15, 0.2) is 5.78 Å². The minimum atomic E-state index is -0.509. The lowest BCUT2D eigenvalue weighted by Crippen LogP contribution is -2.32. The molecule has 0 radical (unpaired) electrons. The highest BCUT2D eigenvalue weighted by Gasteiger charge is 2.15. The third-order valence-electron chi connectivity index (χ3n) is 2.17. The molecule has 0 aliphatic rings. The lowest BCUT2D eigenvalue weighted by atomic mass is 10.1. The van der Waals surface area contributed by atoms with Crippen molar-refractivity contribution < 1.29 is 14.3 Å². The van der Waals surface area contributed by atoms with E-state index >= 15 is 0 Å². The maximum atomic E-state index is 11.5. The summed E-state index contributed by atoms with van der Waals surface area (Å²) in [5, 5.41) is 2.65. The van der Waals surface area contributed by atoms with Crippen LogP contribution in [0.4, 0.5) is 4.79 Å². The number of hydrogen-bond acceptors (Lipinski definition) is 3. The summed E-state index contributed by atoms with van der Waals surface area (Å²) in [6.07, 6.45) is -0.462. The second-order valence-electron chi connectivity index (χ2n) is 5.11. The molecule has 1 amide bonds. The highest BCUT2D eigenvalue weighted by atomic mass is 16.6. The molecule has 1 aromatic rings. The Morgan fingerprint density at radius 3 is 2.50 bits per heavy atom. The maximum absolute atomic E-state index is 11.5. The number of alkyl carbamates (subject to hydrolysis) is 1. The first-order chi connectivity index (χ1) is 8.28. The first-order valence-corrected chi connectivity index (χ1v) is 5.84. The van der Waals surface area contributed by atoms with Crippen molar-refractivity contribution >= 4 is 11.9 Å². The molecule has 4 heteroatoms. The average molecular weight is 249 g/mol. The molecule has 0 spiro atoms. The molecule has 1 aromatic carbocycles. The molecule has 0 saturated carbocycles. The van der Waals surface area contributed by atoms with Gasteiger partial charge in [-0.2, -0.15) is 0 Å². The molecule has 0 bridgehead atoms. The van der Waals surface area contributed by atoms with Crippen LogP contribution in [0.5, 0.6) is 0 Å². The number of ether oxygens (including phenoxy) is 1. The van der Waals surface area contributed by atoms with Crippen LogP contribution in [-0.2, 0) is 11.3 Å². The van der Waals surface area contributed by atoms with Crippen molar-refractivity contribution in [2.24, 2.45) is 0 Å². The Morgan fingerprint density at radius 2 is 1.94 bits per heavy atom. The Balaban J connectivity index is 2.56. The van der Waals surface area contributed by atoms with Gasteiger partial charge in [0.1, 0.15) is 5.60 Å². The Bertz CT molecular complexity index is 447. The van der Waals surface area contributed by atoms with E-state index in [4.69, 9.17) is 4.74 Å². The third-order valence-corrected chi connectivity index (χ3v) is 2.17. The monoisotopic (exact) mass is 249 g/mol. The van der Waals surface area contributed by atoms with Crippen LogP contribution in [0.25, 0.3) is 0 Å². The first-order valence-electron chi connectivity index (χ1n) is 5.84. The largest absolute Gasteiger partial charge is 0.444 e. The highest BCUT2D eigenvalue weighted by Crippen LogP contribution is 2.08. The standard InChI is InChI=1S/C14H19NO3/c1-10(16)12-7-5-6-11(8-12)9-15-13(17)18-14(2,3)4/h5-8H,9H2,1-4H3,(H,15,17). The zero-order valence-corrected chi connectivity index (χ0v) is 11.2. The van der Waals surface area contributed by atoms with Gasteiger partial charge in [-0.25, -0.2) is 4.79 Å². The molecule has 0 atom stereocenters. The fraction of sp³-hybridized carbons (Fsp3) is 0.429. The van der Waals surface area contributed by atoms with Crippen LogP contribution in [0, 0.1) is 0 Å². The second-order valence-corrected chi connectivity index (χ2v) is 5.11. The van der Waals surface area contributed by atoms with Crippen LogP contribution >= 0.6 is 0 Å². The van der Waals surface area contributed by atoms with E-state index in [1.807, 2.05) is 26.8 Å². The zero-order valence-electron chi connectivity index (χ0n) is 11.2. The van der Waals surface area contributed by atoms with E-state index in [0.717, 1.165) is 5.56 Å². The smallest absolute Gasteiger partial charge is 0.407 e. The quantitative estimate of drug-likeness (QED) is 0.838. The Kier molecular flexibility index (Phi) is 4.48. The number of carbonyl (C=O) groups is 2. The average Bonchev–Trinajstić information content (AvgIpc) is 2.24.